The van der Waals surface area contributed by atoms with Crippen LogP contribution >= 0.6 is 0 Å². The fourth-order valence-electron chi connectivity index (χ4n) is 1.97. The molecule has 0 radical (unpaired) electrons. The number of hydrogen-bond acceptors (Lipinski definition) is 3. The first kappa shape index (κ1) is 15.6. The van der Waals surface area contributed by atoms with E-state index in [0.29, 0.717) is 5.56 Å². The molecule has 22 heavy (non-hydrogen) atoms. The molecule has 0 aliphatic carbocycles. The van der Waals surface area contributed by atoms with Gasteiger partial charge in [-0.1, -0.05) is 12.1 Å². The Labute approximate surface area is 127 Å². The molecule has 0 atom stereocenters. The summed E-state index contributed by atoms with van der Waals surface area (Å²) in [5.74, 6) is -1.65. The Bertz CT molecular complexity index is 644. The molecule has 1 aromatic carbocycles. The van der Waals surface area contributed by atoms with Crippen LogP contribution in [-0.4, -0.2) is 33.4 Å². The lowest BCUT2D eigenvalue weighted by atomic mass is 10.1. The van der Waals surface area contributed by atoms with Gasteiger partial charge in [-0.2, -0.15) is 0 Å². The van der Waals surface area contributed by atoms with Crippen LogP contribution in [0.1, 0.15) is 22.3 Å². The SMILES string of the molecule is O=C(O)CCN(Cc1ccc(F)cc1)C(=O)c1cccnc1. The van der Waals surface area contributed by atoms with Gasteiger partial charge in [0.25, 0.3) is 5.91 Å². The van der Waals surface area contributed by atoms with Crippen LogP contribution in [0.5, 0.6) is 0 Å². The van der Waals surface area contributed by atoms with Crippen LogP contribution in [0.3, 0.4) is 0 Å². The molecule has 0 aliphatic heterocycles. The van der Waals surface area contributed by atoms with Gasteiger partial charge in [0.05, 0.1) is 12.0 Å². The van der Waals surface area contributed by atoms with E-state index in [1.807, 2.05) is 0 Å². The second kappa shape index (κ2) is 7.31. The minimum absolute atomic E-state index is 0.0699. The van der Waals surface area contributed by atoms with Crippen molar-refractivity contribution in [1.82, 2.24) is 9.88 Å². The summed E-state index contributed by atoms with van der Waals surface area (Å²) in [5.41, 5.74) is 1.11. The normalized spacial score (nSPS) is 10.2. The molecule has 5 nitrogen and oxygen atoms in total. The number of rotatable bonds is 6. The molecule has 0 unspecified atom stereocenters. The number of nitrogens with zero attached hydrogens (tertiary/aromatic N) is 2. The molecule has 1 N–H and O–H groups in total. The number of carbonyl (C=O) groups excluding carboxylic acids is 1. The second-order valence-corrected chi connectivity index (χ2v) is 4.74. The minimum atomic E-state index is -0.983. The van der Waals surface area contributed by atoms with Crippen molar-refractivity contribution in [2.24, 2.45) is 0 Å². The van der Waals surface area contributed by atoms with Crippen molar-refractivity contribution in [3.8, 4) is 0 Å². The van der Waals surface area contributed by atoms with E-state index in [0.717, 1.165) is 5.56 Å². The van der Waals surface area contributed by atoms with Gasteiger partial charge < -0.3 is 10.0 Å². The van der Waals surface area contributed by atoms with Crippen molar-refractivity contribution in [3.05, 3.63) is 65.7 Å². The van der Waals surface area contributed by atoms with Crippen molar-refractivity contribution < 1.29 is 19.1 Å². The van der Waals surface area contributed by atoms with Gasteiger partial charge in [-0.25, -0.2) is 4.39 Å². The number of hydrogen-bond donors (Lipinski definition) is 1. The molecule has 1 heterocycles. The van der Waals surface area contributed by atoms with Gasteiger partial charge in [-0.3, -0.25) is 14.6 Å². The molecular weight excluding hydrogens is 287 g/mol. The van der Waals surface area contributed by atoms with Crippen LogP contribution in [0, 0.1) is 5.82 Å². The lowest BCUT2D eigenvalue weighted by Gasteiger charge is -2.22. The smallest absolute Gasteiger partial charge is 0.305 e. The predicted octanol–water partition coefficient (Wildman–Crippen LogP) is 2.34. The highest BCUT2D eigenvalue weighted by atomic mass is 19.1. The highest BCUT2D eigenvalue weighted by Crippen LogP contribution is 2.11. The average molecular weight is 302 g/mol. The summed E-state index contributed by atoms with van der Waals surface area (Å²) in [7, 11) is 0. The van der Waals surface area contributed by atoms with Crippen molar-refractivity contribution in [1.29, 1.82) is 0 Å². The van der Waals surface area contributed by atoms with E-state index in [9.17, 15) is 14.0 Å². The van der Waals surface area contributed by atoms with Gasteiger partial charge in [0, 0.05) is 25.5 Å². The van der Waals surface area contributed by atoms with E-state index in [4.69, 9.17) is 5.11 Å². The summed E-state index contributed by atoms with van der Waals surface area (Å²) in [6, 6.07) is 9.01. The number of aliphatic carboxylic acids is 1. The third-order valence-corrected chi connectivity index (χ3v) is 3.08. The molecule has 1 aromatic heterocycles. The van der Waals surface area contributed by atoms with E-state index in [-0.39, 0.29) is 31.2 Å². The number of carbonyl (C=O) groups is 2. The van der Waals surface area contributed by atoms with E-state index in [2.05, 4.69) is 4.98 Å². The maximum atomic E-state index is 12.9. The molecule has 114 valence electrons. The maximum absolute atomic E-state index is 12.9. The largest absolute Gasteiger partial charge is 0.481 e. The van der Waals surface area contributed by atoms with Gasteiger partial charge in [-0.15, -0.1) is 0 Å². The summed E-state index contributed by atoms with van der Waals surface area (Å²) in [6.45, 7) is 0.279. The first-order valence-electron chi connectivity index (χ1n) is 6.72. The molecule has 0 saturated heterocycles. The van der Waals surface area contributed by atoms with Gasteiger partial charge in [0.1, 0.15) is 5.82 Å². The minimum Gasteiger partial charge on any atom is -0.481 e. The average Bonchev–Trinajstić information content (AvgIpc) is 2.53. The van der Waals surface area contributed by atoms with Gasteiger partial charge in [0.15, 0.2) is 0 Å². The fraction of sp³-hybridized carbons (Fsp3) is 0.188. The molecule has 0 aliphatic rings. The van der Waals surface area contributed by atoms with Crippen molar-refractivity contribution in [2.75, 3.05) is 6.54 Å². The van der Waals surface area contributed by atoms with Crippen molar-refractivity contribution in [2.45, 2.75) is 13.0 Å². The Balaban J connectivity index is 2.16. The standard InChI is InChI=1S/C16H15FN2O3/c17-14-5-3-12(4-6-14)11-19(9-7-15(20)21)16(22)13-2-1-8-18-10-13/h1-6,8,10H,7,9,11H2,(H,20,21). The lowest BCUT2D eigenvalue weighted by Crippen LogP contribution is -2.32. The van der Waals surface area contributed by atoms with Crippen LogP contribution in [-0.2, 0) is 11.3 Å². The zero-order valence-electron chi connectivity index (χ0n) is 11.8. The summed E-state index contributed by atoms with van der Waals surface area (Å²) in [4.78, 5) is 28.5. The lowest BCUT2D eigenvalue weighted by molar-refractivity contribution is -0.137. The maximum Gasteiger partial charge on any atom is 0.305 e. The molecule has 2 rings (SSSR count). The van der Waals surface area contributed by atoms with Crippen LogP contribution in [0.4, 0.5) is 4.39 Å². The molecule has 0 fully saturated rings. The molecule has 1 amide bonds. The second-order valence-electron chi connectivity index (χ2n) is 4.74. The number of aromatic nitrogens is 1. The molecule has 0 bridgehead atoms. The number of amides is 1. The number of carboxylic acid groups (broad SMARTS) is 1. The van der Waals surface area contributed by atoms with Crippen molar-refractivity contribution >= 4 is 11.9 Å². The van der Waals surface area contributed by atoms with Crippen LogP contribution in [0.2, 0.25) is 0 Å². The van der Waals surface area contributed by atoms with Gasteiger partial charge in [0.2, 0.25) is 0 Å². The summed E-state index contributed by atoms with van der Waals surface area (Å²) < 4.78 is 12.9. The predicted molar refractivity (Wildman–Crippen MR) is 77.6 cm³/mol. The summed E-state index contributed by atoms with van der Waals surface area (Å²) in [6.07, 6.45) is 2.83. The van der Waals surface area contributed by atoms with Crippen molar-refractivity contribution in [3.63, 3.8) is 0 Å². The monoisotopic (exact) mass is 302 g/mol. The Morgan fingerprint density at radius 3 is 2.50 bits per heavy atom. The zero-order chi connectivity index (χ0) is 15.9. The zero-order valence-corrected chi connectivity index (χ0v) is 11.8. The summed E-state index contributed by atoms with van der Waals surface area (Å²) >= 11 is 0. The first-order valence-corrected chi connectivity index (χ1v) is 6.72. The topological polar surface area (TPSA) is 70.5 Å². The van der Waals surface area contributed by atoms with Gasteiger partial charge in [-0.05, 0) is 29.8 Å². The Morgan fingerprint density at radius 2 is 1.91 bits per heavy atom. The first-order chi connectivity index (χ1) is 10.6. The quantitative estimate of drug-likeness (QED) is 0.889. The third kappa shape index (κ3) is 4.37. The number of halogens is 1. The van der Waals surface area contributed by atoms with E-state index >= 15 is 0 Å². The van der Waals surface area contributed by atoms with Gasteiger partial charge >= 0.3 is 5.97 Å². The molecule has 6 heteroatoms. The van der Waals surface area contributed by atoms with E-state index < -0.39 is 5.97 Å². The third-order valence-electron chi connectivity index (χ3n) is 3.08. The number of benzene rings is 1. The van der Waals surface area contributed by atoms with Crippen LogP contribution in [0.25, 0.3) is 0 Å². The van der Waals surface area contributed by atoms with E-state index in [1.54, 1.807) is 30.5 Å². The number of carboxylic acids is 1. The van der Waals surface area contributed by atoms with Crippen LogP contribution < -0.4 is 0 Å². The Kier molecular flexibility index (Phi) is 5.19. The fourth-order valence-corrected chi connectivity index (χ4v) is 1.97. The number of pyridine rings is 1. The highest BCUT2D eigenvalue weighted by Gasteiger charge is 2.17. The molecule has 0 spiro atoms. The van der Waals surface area contributed by atoms with E-state index in [1.165, 1.54) is 23.2 Å². The summed E-state index contributed by atoms with van der Waals surface area (Å²) in [5, 5.41) is 8.82. The Hall–Kier alpha value is -2.76. The molecule has 0 saturated carbocycles. The molecular formula is C16H15FN2O3. The molecule has 2 aromatic rings. The Morgan fingerprint density at radius 1 is 1.18 bits per heavy atom. The van der Waals surface area contributed by atoms with Crippen LogP contribution in [0.15, 0.2) is 48.8 Å². The highest BCUT2D eigenvalue weighted by molar-refractivity contribution is 5.94.